The van der Waals surface area contributed by atoms with Crippen molar-refractivity contribution in [3.63, 3.8) is 0 Å². The Kier molecular flexibility index (Phi) is 11.2. The molecule has 4 saturated carbocycles. The van der Waals surface area contributed by atoms with Gasteiger partial charge in [-0.15, -0.1) is 0 Å². The zero-order valence-electron chi connectivity index (χ0n) is 47.3. The second-order valence-electron chi connectivity index (χ2n) is 26.4. The zero-order valence-corrected chi connectivity index (χ0v) is 47.3. The minimum Gasteiger partial charge on any atom is -0.310 e. The van der Waals surface area contributed by atoms with Crippen LogP contribution in [0.2, 0.25) is 0 Å². The summed E-state index contributed by atoms with van der Waals surface area (Å²) in [6.07, 6.45) is 6.82. The fourth-order valence-corrected chi connectivity index (χ4v) is 16.8. The summed E-state index contributed by atoms with van der Waals surface area (Å²) >= 11 is 0. The Bertz CT molecular complexity index is 3940. The number of nitrogens with zero attached hydrogens (tertiary/aromatic N) is 1. The third kappa shape index (κ3) is 7.35. The Morgan fingerprint density at radius 3 is 1.27 bits per heavy atom. The summed E-state index contributed by atoms with van der Waals surface area (Å²) in [6.45, 7) is 13.9. The molecule has 0 heterocycles. The van der Waals surface area contributed by atoms with E-state index in [0.717, 1.165) is 23.2 Å². The van der Waals surface area contributed by atoms with Gasteiger partial charge in [-0.2, -0.15) is 0 Å². The van der Waals surface area contributed by atoms with E-state index in [1.807, 2.05) is 0 Å². The van der Waals surface area contributed by atoms with Gasteiger partial charge < -0.3 is 4.90 Å². The molecule has 0 N–H and O–H groups in total. The van der Waals surface area contributed by atoms with Crippen molar-refractivity contribution in [2.75, 3.05) is 4.90 Å². The summed E-state index contributed by atoms with van der Waals surface area (Å²) in [5, 5.41) is 0. The summed E-state index contributed by atoms with van der Waals surface area (Å²) in [6, 6.07) is 91.6. The van der Waals surface area contributed by atoms with E-state index in [1.165, 1.54) is 127 Å². The van der Waals surface area contributed by atoms with Gasteiger partial charge in [0, 0.05) is 22.4 Å². The highest BCUT2D eigenvalue weighted by atomic mass is 15.1. The van der Waals surface area contributed by atoms with E-state index in [1.54, 1.807) is 11.1 Å². The molecule has 0 atom stereocenters. The van der Waals surface area contributed by atoms with Crippen LogP contribution in [0.1, 0.15) is 118 Å². The maximum absolute atomic E-state index is 2.69. The number of anilines is 3. The smallest absolute Gasteiger partial charge is 0.0714 e. The molecule has 4 fully saturated rings. The maximum Gasteiger partial charge on any atom is 0.0714 e. The lowest BCUT2D eigenvalue weighted by Crippen LogP contribution is -2.55. The van der Waals surface area contributed by atoms with E-state index in [2.05, 4.69) is 283 Å². The van der Waals surface area contributed by atoms with E-state index in [9.17, 15) is 0 Å². The van der Waals surface area contributed by atoms with Crippen LogP contribution in [0.4, 0.5) is 17.1 Å². The van der Waals surface area contributed by atoms with E-state index in [4.69, 9.17) is 0 Å². The molecule has 10 aromatic carbocycles. The number of hydrogen-bond acceptors (Lipinski definition) is 1. The molecule has 0 unspecified atom stereocenters. The lowest BCUT2D eigenvalue weighted by Gasteiger charge is -2.61. The third-order valence-corrected chi connectivity index (χ3v) is 20.1. The van der Waals surface area contributed by atoms with Gasteiger partial charge >= 0.3 is 0 Å². The maximum atomic E-state index is 2.69. The minimum atomic E-state index is -0.599. The minimum absolute atomic E-state index is 0.0152. The largest absolute Gasteiger partial charge is 0.310 e. The molecule has 0 radical (unpaired) electrons. The Morgan fingerprint density at radius 1 is 0.325 bits per heavy atom. The van der Waals surface area contributed by atoms with Crippen molar-refractivity contribution in [3.05, 3.63) is 281 Å². The molecule has 1 spiro atoms. The second kappa shape index (κ2) is 18.3. The zero-order chi connectivity index (χ0) is 54.1. The average molecular weight is 1030 g/mol. The number of fused-ring (bicyclic) bond motifs is 6. The van der Waals surface area contributed by atoms with E-state index < -0.39 is 5.41 Å². The standard InChI is InChI=1S/C79H71N/c1-76(2,3)54-32-36-56(37-33-54)78(57-38-34-55(35-39-57)77(4,5)6)71-29-17-14-26-66(71)68-42-40-60(49-73(68)78)80(61-41-43-69-67-27-15-18-30-72(67)79(74(69)50-61)58-45-51-44-52(47-58)48-59(79)46-51)75-31-19-16-28-70(75)65-25-13-12-24-64(65)63-23-11-10-22-62(63)53-20-8-7-9-21-53/h7-43,49-52,58-59H,44-48H2,1-6H3. The normalized spacial score (nSPS) is 20.8. The molecule has 1 heteroatoms. The van der Waals surface area contributed by atoms with Gasteiger partial charge in [0.1, 0.15) is 0 Å². The van der Waals surface area contributed by atoms with Gasteiger partial charge in [0.15, 0.2) is 0 Å². The van der Waals surface area contributed by atoms with Gasteiger partial charge in [0.25, 0.3) is 0 Å². The van der Waals surface area contributed by atoms with Gasteiger partial charge in [-0.25, -0.2) is 0 Å². The molecular formula is C79H71N. The SMILES string of the molecule is CC(C)(C)c1ccc(C2(c3ccc(C(C)(C)C)cc3)c3ccccc3-c3ccc(N(c4ccc5c(c4)C4(c6ccccc6-5)C5CC6CC(C5)CC4C6)c4ccccc4-c4ccccc4-c4ccccc4-c4ccccc4)cc32)cc1. The van der Waals surface area contributed by atoms with Crippen LogP contribution >= 0.6 is 0 Å². The van der Waals surface area contributed by atoms with Crippen molar-refractivity contribution < 1.29 is 0 Å². The molecular weight excluding hydrogens is 963 g/mol. The second-order valence-corrected chi connectivity index (χ2v) is 26.4. The summed E-state index contributed by atoms with van der Waals surface area (Å²) < 4.78 is 0. The Labute approximate surface area is 475 Å². The Balaban J connectivity index is 0.996. The summed E-state index contributed by atoms with van der Waals surface area (Å²) in [7, 11) is 0. The molecule has 16 rings (SSSR count). The summed E-state index contributed by atoms with van der Waals surface area (Å²) in [4.78, 5) is 2.65. The van der Waals surface area contributed by atoms with Gasteiger partial charge in [-0.05, 0) is 192 Å². The van der Waals surface area contributed by atoms with Crippen LogP contribution < -0.4 is 4.90 Å². The van der Waals surface area contributed by atoms with Crippen LogP contribution in [0.5, 0.6) is 0 Å². The molecule has 4 bridgehead atoms. The van der Waals surface area contributed by atoms with E-state index in [-0.39, 0.29) is 16.2 Å². The van der Waals surface area contributed by atoms with Crippen molar-refractivity contribution in [2.24, 2.45) is 23.7 Å². The summed E-state index contributed by atoms with van der Waals surface area (Å²) in [5.41, 5.74) is 26.8. The topological polar surface area (TPSA) is 3.24 Å². The highest BCUT2D eigenvalue weighted by molar-refractivity contribution is 5.99. The first-order valence-electron chi connectivity index (χ1n) is 29.7. The van der Waals surface area contributed by atoms with Crippen LogP contribution in [0.25, 0.3) is 55.6 Å². The predicted molar refractivity (Wildman–Crippen MR) is 335 cm³/mol. The molecule has 6 aliphatic rings. The first kappa shape index (κ1) is 49.1. The number of hydrogen-bond donors (Lipinski definition) is 0. The van der Waals surface area contributed by atoms with Gasteiger partial charge in [-0.1, -0.05) is 248 Å². The van der Waals surface area contributed by atoms with Crippen LogP contribution in [-0.2, 0) is 21.7 Å². The van der Waals surface area contributed by atoms with Gasteiger partial charge in [-0.3, -0.25) is 0 Å². The Morgan fingerprint density at radius 2 is 0.725 bits per heavy atom. The Hall–Kier alpha value is -8.00. The van der Waals surface area contributed by atoms with E-state index >= 15 is 0 Å². The van der Waals surface area contributed by atoms with Crippen LogP contribution in [0.3, 0.4) is 0 Å². The highest BCUT2D eigenvalue weighted by Crippen LogP contribution is 2.70. The molecule has 0 aliphatic heterocycles. The monoisotopic (exact) mass is 1030 g/mol. The van der Waals surface area contributed by atoms with Crippen molar-refractivity contribution in [1.82, 2.24) is 0 Å². The quantitative estimate of drug-likeness (QED) is 0.147. The first-order chi connectivity index (χ1) is 38.9. The molecule has 80 heavy (non-hydrogen) atoms. The molecule has 0 amide bonds. The lowest BCUT2D eigenvalue weighted by atomic mass is 9.43. The lowest BCUT2D eigenvalue weighted by molar-refractivity contribution is -0.0399. The average Bonchev–Trinajstić information content (AvgIpc) is 2.58. The van der Waals surface area contributed by atoms with Crippen LogP contribution in [0, 0.1) is 23.7 Å². The molecule has 1 nitrogen and oxygen atoms in total. The molecule has 392 valence electrons. The highest BCUT2D eigenvalue weighted by Gasteiger charge is 2.61. The third-order valence-electron chi connectivity index (χ3n) is 20.1. The van der Waals surface area contributed by atoms with Crippen molar-refractivity contribution in [2.45, 2.75) is 95.3 Å². The fraction of sp³-hybridized carbons (Fsp3) is 0.241. The summed E-state index contributed by atoms with van der Waals surface area (Å²) in [5.74, 6) is 3.04. The molecule has 10 aromatic rings. The molecule has 0 aromatic heterocycles. The predicted octanol–water partition coefficient (Wildman–Crippen LogP) is 20.8. The van der Waals surface area contributed by atoms with Crippen LogP contribution in [0.15, 0.2) is 237 Å². The van der Waals surface area contributed by atoms with Crippen molar-refractivity contribution in [1.29, 1.82) is 0 Å². The first-order valence-corrected chi connectivity index (χ1v) is 29.7. The van der Waals surface area contributed by atoms with E-state index in [0.29, 0.717) is 11.8 Å². The molecule has 0 saturated heterocycles. The molecule has 6 aliphatic carbocycles. The number of para-hydroxylation sites is 1. The fourth-order valence-electron chi connectivity index (χ4n) is 16.8. The van der Waals surface area contributed by atoms with Crippen LogP contribution in [-0.4, -0.2) is 0 Å². The van der Waals surface area contributed by atoms with Gasteiger partial charge in [0.2, 0.25) is 0 Å². The van der Waals surface area contributed by atoms with Crippen molar-refractivity contribution in [3.8, 4) is 55.6 Å². The van der Waals surface area contributed by atoms with Gasteiger partial charge in [0.05, 0.1) is 11.1 Å². The number of rotatable bonds is 8. The number of benzene rings is 10. The van der Waals surface area contributed by atoms with Crippen molar-refractivity contribution >= 4 is 17.1 Å².